The van der Waals surface area contributed by atoms with Gasteiger partial charge in [0.2, 0.25) is 6.79 Å². The normalized spacial score (nSPS) is 13.7. The van der Waals surface area contributed by atoms with E-state index in [0.717, 1.165) is 16.9 Å². The maximum atomic E-state index is 10.1. The topological polar surface area (TPSA) is 99.9 Å². The first-order valence-electron chi connectivity index (χ1n) is 11.0. The number of nitrogens with one attached hydrogen (secondary N) is 1. The van der Waals surface area contributed by atoms with Gasteiger partial charge in [0, 0.05) is 17.8 Å². The van der Waals surface area contributed by atoms with Crippen LogP contribution in [0.2, 0.25) is 0 Å². The average molecular weight is 455 g/mol. The van der Waals surface area contributed by atoms with Crippen LogP contribution in [0.5, 0.6) is 17.5 Å². The molecule has 4 rings (SSSR count). The monoisotopic (exact) mass is 454 g/mol. The van der Waals surface area contributed by atoms with Crippen LogP contribution in [-0.2, 0) is 4.74 Å². The van der Waals surface area contributed by atoms with Crippen molar-refractivity contribution in [3.63, 3.8) is 0 Å². The van der Waals surface area contributed by atoms with Crippen LogP contribution in [0.25, 0.3) is 17.1 Å². The molecule has 176 valence electrons. The number of ether oxygens (including phenoxy) is 4. The minimum absolute atomic E-state index is 0.209. The van der Waals surface area contributed by atoms with E-state index in [4.69, 9.17) is 18.9 Å². The lowest BCUT2D eigenvalue weighted by Crippen LogP contribution is -2.30. The Hall–Kier alpha value is -3.30. The lowest BCUT2D eigenvalue weighted by atomic mass is 10.2. The first-order chi connectivity index (χ1) is 15.8. The van der Waals surface area contributed by atoms with Crippen LogP contribution in [0, 0.1) is 0 Å². The van der Waals surface area contributed by atoms with Gasteiger partial charge >= 0.3 is 6.01 Å². The van der Waals surface area contributed by atoms with E-state index < -0.39 is 6.10 Å². The minimum atomic E-state index is -0.606. The van der Waals surface area contributed by atoms with Crippen LogP contribution >= 0.6 is 0 Å². The van der Waals surface area contributed by atoms with E-state index >= 15 is 0 Å². The van der Waals surface area contributed by atoms with Crippen molar-refractivity contribution in [3.05, 3.63) is 42.5 Å². The fourth-order valence-corrected chi connectivity index (χ4v) is 3.25. The Bertz CT molecular complexity index is 1080. The van der Waals surface area contributed by atoms with E-state index in [0.29, 0.717) is 36.5 Å². The maximum absolute atomic E-state index is 10.1. The van der Waals surface area contributed by atoms with Crippen molar-refractivity contribution in [2.24, 2.45) is 0 Å². The third-order valence-electron chi connectivity index (χ3n) is 4.85. The molecule has 3 aromatic rings. The third-order valence-corrected chi connectivity index (χ3v) is 4.85. The Balaban J connectivity index is 1.50. The number of aliphatic hydroxyl groups is 1. The molecule has 0 aliphatic carbocycles. The Labute approximate surface area is 193 Å². The van der Waals surface area contributed by atoms with Crippen LogP contribution in [0.1, 0.15) is 27.7 Å². The largest absolute Gasteiger partial charge is 0.463 e. The van der Waals surface area contributed by atoms with Crippen molar-refractivity contribution in [2.75, 3.05) is 31.9 Å². The average Bonchev–Trinajstić information content (AvgIpc) is 3.43. The SMILES string of the molecule is CCOc1nc(-c2ccc3c(c2)OCO3)n(-c2ccc(NC[C@H](O)COC(C)(C)C)cc2)n1. The summed E-state index contributed by atoms with van der Waals surface area (Å²) >= 11 is 0. The second kappa shape index (κ2) is 9.68. The van der Waals surface area contributed by atoms with Crippen LogP contribution in [0.15, 0.2) is 42.5 Å². The fourth-order valence-electron chi connectivity index (χ4n) is 3.25. The molecule has 0 saturated carbocycles. The molecule has 0 radical (unpaired) electrons. The summed E-state index contributed by atoms with van der Waals surface area (Å²) < 4.78 is 23.8. The number of benzene rings is 2. The van der Waals surface area contributed by atoms with Crippen molar-refractivity contribution in [3.8, 4) is 34.6 Å². The summed E-state index contributed by atoms with van der Waals surface area (Å²) in [5.41, 5.74) is 2.25. The Morgan fingerprint density at radius 1 is 1.12 bits per heavy atom. The van der Waals surface area contributed by atoms with E-state index in [1.54, 1.807) is 4.68 Å². The van der Waals surface area contributed by atoms with Crippen molar-refractivity contribution in [2.45, 2.75) is 39.4 Å². The molecular formula is C24H30N4O5. The Kier molecular flexibility index (Phi) is 6.71. The van der Waals surface area contributed by atoms with Crippen molar-refractivity contribution >= 4 is 5.69 Å². The van der Waals surface area contributed by atoms with Gasteiger partial charge in [-0.2, -0.15) is 4.98 Å². The molecule has 9 nitrogen and oxygen atoms in total. The summed E-state index contributed by atoms with van der Waals surface area (Å²) in [5, 5.41) is 17.9. The molecule has 1 atom stereocenters. The first-order valence-corrected chi connectivity index (χ1v) is 11.0. The van der Waals surface area contributed by atoms with Gasteiger partial charge in [0.25, 0.3) is 0 Å². The van der Waals surface area contributed by atoms with Crippen LogP contribution < -0.4 is 19.5 Å². The standard InChI is InChI=1S/C24H30N4O5/c1-5-30-23-26-22(16-6-11-20-21(12-16)32-15-31-20)28(27-23)18-9-7-17(8-10-18)25-13-19(29)14-33-24(2,3)4/h6-12,19,25,29H,5,13-15H2,1-4H3/t19-/m0/s1. The van der Waals surface area contributed by atoms with E-state index in [2.05, 4.69) is 15.4 Å². The summed E-state index contributed by atoms with van der Waals surface area (Å²) in [7, 11) is 0. The van der Waals surface area contributed by atoms with Gasteiger partial charge in [-0.05, 0) is 70.2 Å². The molecule has 0 amide bonds. The second-order valence-electron chi connectivity index (χ2n) is 8.64. The highest BCUT2D eigenvalue weighted by Gasteiger charge is 2.19. The Morgan fingerprint density at radius 2 is 1.88 bits per heavy atom. The molecular weight excluding hydrogens is 424 g/mol. The van der Waals surface area contributed by atoms with Crippen LogP contribution in [0.4, 0.5) is 5.69 Å². The zero-order valence-electron chi connectivity index (χ0n) is 19.4. The van der Waals surface area contributed by atoms with Crippen molar-refractivity contribution in [1.82, 2.24) is 14.8 Å². The highest BCUT2D eigenvalue weighted by Crippen LogP contribution is 2.36. The first kappa shape index (κ1) is 22.9. The number of aromatic nitrogens is 3. The van der Waals surface area contributed by atoms with Gasteiger partial charge in [0.15, 0.2) is 17.3 Å². The summed E-state index contributed by atoms with van der Waals surface area (Å²) in [6.45, 7) is 9.11. The van der Waals surface area contributed by atoms with Gasteiger partial charge in [0.1, 0.15) is 0 Å². The van der Waals surface area contributed by atoms with Crippen LogP contribution in [-0.4, -0.2) is 58.1 Å². The molecule has 0 fully saturated rings. The van der Waals surface area contributed by atoms with Gasteiger partial charge in [0.05, 0.1) is 30.6 Å². The van der Waals surface area contributed by atoms with Gasteiger partial charge in [-0.15, -0.1) is 5.10 Å². The summed E-state index contributed by atoms with van der Waals surface area (Å²) in [6.07, 6.45) is -0.606. The predicted molar refractivity (Wildman–Crippen MR) is 124 cm³/mol. The molecule has 33 heavy (non-hydrogen) atoms. The molecule has 2 aromatic carbocycles. The number of nitrogens with zero attached hydrogens (tertiary/aromatic N) is 3. The molecule has 0 spiro atoms. The molecule has 1 aliphatic heterocycles. The molecule has 0 unspecified atom stereocenters. The molecule has 2 heterocycles. The van der Waals surface area contributed by atoms with E-state index in [1.807, 2.05) is 70.2 Å². The molecule has 1 aliphatic rings. The lowest BCUT2D eigenvalue weighted by Gasteiger charge is -2.22. The molecule has 1 aromatic heterocycles. The minimum Gasteiger partial charge on any atom is -0.463 e. The quantitative estimate of drug-likeness (QED) is 0.505. The highest BCUT2D eigenvalue weighted by molar-refractivity contribution is 5.64. The van der Waals surface area contributed by atoms with Gasteiger partial charge in [-0.1, -0.05) is 0 Å². The van der Waals surface area contributed by atoms with Gasteiger partial charge < -0.3 is 29.4 Å². The number of anilines is 1. The molecule has 2 N–H and O–H groups in total. The lowest BCUT2D eigenvalue weighted by molar-refractivity contribution is -0.0449. The number of fused-ring (bicyclic) bond motifs is 1. The van der Waals surface area contributed by atoms with Crippen molar-refractivity contribution in [1.29, 1.82) is 0 Å². The Morgan fingerprint density at radius 3 is 2.61 bits per heavy atom. The summed E-state index contributed by atoms with van der Waals surface area (Å²) in [6, 6.07) is 13.7. The fraction of sp³-hybridized carbons (Fsp3) is 0.417. The smallest absolute Gasteiger partial charge is 0.336 e. The maximum Gasteiger partial charge on any atom is 0.336 e. The van der Waals surface area contributed by atoms with E-state index in [-0.39, 0.29) is 19.0 Å². The van der Waals surface area contributed by atoms with Gasteiger partial charge in [-0.25, -0.2) is 4.68 Å². The molecule has 0 saturated heterocycles. The predicted octanol–water partition coefficient (Wildman–Crippen LogP) is 3.65. The number of aliphatic hydroxyl groups excluding tert-OH is 1. The molecule has 0 bridgehead atoms. The highest BCUT2D eigenvalue weighted by atomic mass is 16.7. The second-order valence-corrected chi connectivity index (χ2v) is 8.64. The van der Waals surface area contributed by atoms with Crippen LogP contribution in [0.3, 0.4) is 0 Å². The van der Waals surface area contributed by atoms with Gasteiger partial charge in [-0.3, -0.25) is 0 Å². The van der Waals surface area contributed by atoms with E-state index in [1.165, 1.54) is 0 Å². The van der Waals surface area contributed by atoms with E-state index in [9.17, 15) is 5.11 Å². The number of rotatable bonds is 9. The number of hydrogen-bond acceptors (Lipinski definition) is 8. The summed E-state index contributed by atoms with van der Waals surface area (Å²) in [4.78, 5) is 4.56. The van der Waals surface area contributed by atoms with Crippen molar-refractivity contribution < 1.29 is 24.1 Å². The number of hydrogen-bond donors (Lipinski definition) is 2. The third kappa shape index (κ3) is 5.74. The zero-order valence-corrected chi connectivity index (χ0v) is 19.4. The molecule has 9 heteroatoms. The zero-order chi connectivity index (χ0) is 23.4. The summed E-state index contributed by atoms with van der Waals surface area (Å²) in [5.74, 6) is 2.01.